The molecule has 0 unspecified atom stereocenters. The predicted octanol–water partition coefficient (Wildman–Crippen LogP) is 3.48. The van der Waals surface area contributed by atoms with E-state index in [2.05, 4.69) is 0 Å². The molecule has 23 heavy (non-hydrogen) atoms. The van der Waals surface area contributed by atoms with Crippen LogP contribution in [0.2, 0.25) is 0 Å². The lowest BCUT2D eigenvalue weighted by Gasteiger charge is -2.12. The molecule has 0 aliphatic carbocycles. The van der Waals surface area contributed by atoms with Crippen LogP contribution in [0.5, 0.6) is 11.5 Å². The molecule has 120 valence electrons. The zero-order valence-electron chi connectivity index (χ0n) is 12.9. The van der Waals surface area contributed by atoms with Crippen LogP contribution in [0.3, 0.4) is 0 Å². The van der Waals surface area contributed by atoms with Crippen molar-refractivity contribution in [3.05, 3.63) is 63.2 Å². The lowest BCUT2D eigenvalue weighted by molar-refractivity contribution is -0.384. The fourth-order valence-electron chi connectivity index (χ4n) is 2.01. The minimum absolute atomic E-state index is 0.0129. The van der Waals surface area contributed by atoms with Gasteiger partial charge in [-0.3, -0.25) is 14.9 Å². The highest BCUT2D eigenvalue weighted by Crippen LogP contribution is 2.24. The molecule has 0 amide bonds. The smallest absolute Gasteiger partial charge is 0.273 e. The number of nitro groups is 1. The average Bonchev–Trinajstić information content (AvgIpc) is 2.54. The van der Waals surface area contributed by atoms with E-state index in [9.17, 15) is 14.9 Å². The second kappa shape index (κ2) is 7.40. The van der Waals surface area contributed by atoms with Crippen LogP contribution in [0.1, 0.15) is 21.5 Å². The summed E-state index contributed by atoms with van der Waals surface area (Å²) in [6.45, 7) is 4.21. The number of nitrogens with zero attached hydrogens (tertiary/aromatic N) is 1. The largest absolute Gasteiger partial charge is 0.490 e. The molecule has 0 bridgehead atoms. The molecule has 0 heterocycles. The maximum atomic E-state index is 10.8. The van der Waals surface area contributed by atoms with Crippen molar-refractivity contribution in [3.63, 3.8) is 0 Å². The molecule has 0 atom stereocenters. The third kappa shape index (κ3) is 4.29. The topological polar surface area (TPSA) is 78.7 Å². The molecule has 6 heteroatoms. The maximum Gasteiger partial charge on any atom is 0.273 e. The van der Waals surface area contributed by atoms with E-state index in [0.29, 0.717) is 17.1 Å². The number of hydrogen-bond acceptors (Lipinski definition) is 5. The molecule has 0 N–H and O–H groups in total. The molecular formula is C17H17NO5. The number of benzene rings is 2. The Kier molecular flexibility index (Phi) is 5.30. The van der Waals surface area contributed by atoms with E-state index < -0.39 is 4.92 Å². The number of hydrogen-bond donors (Lipinski definition) is 0. The van der Waals surface area contributed by atoms with Crippen LogP contribution in [0.25, 0.3) is 0 Å². The number of aryl methyl sites for hydroxylation is 2. The Hall–Kier alpha value is -2.89. The van der Waals surface area contributed by atoms with Crippen molar-refractivity contribution in [1.82, 2.24) is 0 Å². The van der Waals surface area contributed by atoms with Gasteiger partial charge in [0.2, 0.25) is 0 Å². The Morgan fingerprint density at radius 1 is 1.00 bits per heavy atom. The van der Waals surface area contributed by atoms with Gasteiger partial charge in [-0.15, -0.1) is 0 Å². The summed E-state index contributed by atoms with van der Waals surface area (Å²) in [7, 11) is 0. The third-order valence-corrected chi connectivity index (χ3v) is 3.33. The molecule has 0 saturated heterocycles. The summed E-state index contributed by atoms with van der Waals surface area (Å²) >= 11 is 0. The summed E-state index contributed by atoms with van der Waals surface area (Å²) in [5.41, 5.74) is 2.26. The number of rotatable bonds is 7. The number of non-ortho nitro benzene ring substituents is 1. The molecule has 0 aromatic heterocycles. The number of aldehydes is 1. The molecule has 0 fully saturated rings. The zero-order chi connectivity index (χ0) is 16.8. The van der Waals surface area contributed by atoms with Gasteiger partial charge in [-0.1, -0.05) is 12.1 Å². The molecule has 0 aliphatic heterocycles. The van der Waals surface area contributed by atoms with Crippen molar-refractivity contribution >= 4 is 12.0 Å². The van der Waals surface area contributed by atoms with Gasteiger partial charge in [0, 0.05) is 11.6 Å². The monoisotopic (exact) mass is 315 g/mol. The molecule has 0 aliphatic rings. The second-order valence-corrected chi connectivity index (χ2v) is 5.05. The lowest BCUT2D eigenvalue weighted by atomic mass is 10.1. The Morgan fingerprint density at radius 2 is 1.57 bits per heavy atom. The molecule has 0 spiro atoms. The van der Waals surface area contributed by atoms with Crippen LogP contribution in [0.4, 0.5) is 5.69 Å². The summed E-state index contributed by atoms with van der Waals surface area (Å²) in [4.78, 5) is 21.1. The summed E-state index contributed by atoms with van der Waals surface area (Å²) in [5, 5.41) is 10.8. The van der Waals surface area contributed by atoms with Crippen molar-refractivity contribution in [2.24, 2.45) is 0 Å². The van der Waals surface area contributed by atoms with Crippen LogP contribution < -0.4 is 9.47 Å². The fraction of sp³-hybridized carbons (Fsp3) is 0.235. The van der Waals surface area contributed by atoms with Crippen molar-refractivity contribution in [2.75, 3.05) is 13.2 Å². The first-order valence-corrected chi connectivity index (χ1v) is 7.07. The van der Waals surface area contributed by atoms with Crippen molar-refractivity contribution < 1.29 is 19.2 Å². The quantitative estimate of drug-likeness (QED) is 0.338. The molecule has 2 aromatic rings. The molecule has 2 aromatic carbocycles. The SMILES string of the molecule is Cc1ccc(C=O)cc1OCCOc1cc([N+](=O)[O-])ccc1C. The van der Waals surface area contributed by atoms with Gasteiger partial charge < -0.3 is 9.47 Å². The number of carbonyl (C=O) groups is 1. The van der Waals surface area contributed by atoms with Gasteiger partial charge >= 0.3 is 0 Å². The molecule has 0 saturated carbocycles. The standard InChI is InChI=1S/C17H17NO5/c1-12-3-5-14(11-19)9-16(12)22-7-8-23-17-10-15(18(20)21)6-4-13(17)2/h3-6,9-11H,7-8H2,1-2H3. The first kappa shape index (κ1) is 16.5. The minimum Gasteiger partial charge on any atom is -0.490 e. The van der Waals surface area contributed by atoms with Gasteiger partial charge in [-0.25, -0.2) is 0 Å². The Morgan fingerprint density at radius 3 is 2.13 bits per heavy atom. The van der Waals surface area contributed by atoms with Crippen LogP contribution in [0, 0.1) is 24.0 Å². The Balaban J connectivity index is 1.94. The van der Waals surface area contributed by atoms with E-state index in [1.54, 1.807) is 18.2 Å². The lowest BCUT2D eigenvalue weighted by Crippen LogP contribution is -2.10. The predicted molar refractivity (Wildman–Crippen MR) is 85.4 cm³/mol. The zero-order valence-corrected chi connectivity index (χ0v) is 12.9. The highest BCUT2D eigenvalue weighted by molar-refractivity contribution is 5.75. The summed E-state index contributed by atoms with van der Waals surface area (Å²) in [6.07, 6.45) is 0.759. The van der Waals surface area contributed by atoms with E-state index in [0.717, 1.165) is 17.4 Å². The Bertz CT molecular complexity index is 727. The van der Waals surface area contributed by atoms with E-state index in [-0.39, 0.29) is 18.9 Å². The number of carbonyl (C=O) groups excluding carboxylic acids is 1. The van der Waals surface area contributed by atoms with Crippen LogP contribution >= 0.6 is 0 Å². The first-order chi connectivity index (χ1) is 11.0. The molecule has 2 rings (SSSR count). The van der Waals surface area contributed by atoms with E-state index >= 15 is 0 Å². The fourth-order valence-corrected chi connectivity index (χ4v) is 2.01. The van der Waals surface area contributed by atoms with E-state index in [1.165, 1.54) is 12.1 Å². The first-order valence-electron chi connectivity index (χ1n) is 7.07. The second-order valence-electron chi connectivity index (χ2n) is 5.05. The third-order valence-electron chi connectivity index (χ3n) is 3.33. The van der Waals surface area contributed by atoms with Crippen LogP contribution in [0.15, 0.2) is 36.4 Å². The molecule has 0 radical (unpaired) electrons. The number of ether oxygens (including phenoxy) is 2. The van der Waals surface area contributed by atoms with Crippen molar-refractivity contribution in [2.45, 2.75) is 13.8 Å². The average molecular weight is 315 g/mol. The van der Waals surface area contributed by atoms with Crippen molar-refractivity contribution in [1.29, 1.82) is 0 Å². The summed E-state index contributed by atoms with van der Waals surface area (Å²) < 4.78 is 11.1. The van der Waals surface area contributed by atoms with Gasteiger partial charge in [0.15, 0.2) is 0 Å². The van der Waals surface area contributed by atoms with E-state index in [4.69, 9.17) is 9.47 Å². The van der Waals surface area contributed by atoms with E-state index in [1.807, 2.05) is 19.9 Å². The summed E-state index contributed by atoms with van der Waals surface area (Å²) in [5.74, 6) is 1.08. The van der Waals surface area contributed by atoms with Gasteiger partial charge in [0.05, 0.1) is 11.0 Å². The van der Waals surface area contributed by atoms with Gasteiger partial charge in [0.1, 0.15) is 31.0 Å². The minimum atomic E-state index is -0.461. The van der Waals surface area contributed by atoms with Crippen LogP contribution in [-0.2, 0) is 0 Å². The Labute approximate surface area is 133 Å². The molecule has 6 nitrogen and oxygen atoms in total. The van der Waals surface area contributed by atoms with Crippen molar-refractivity contribution in [3.8, 4) is 11.5 Å². The summed E-state index contributed by atoms with van der Waals surface area (Å²) in [6, 6.07) is 9.68. The maximum absolute atomic E-state index is 10.8. The van der Waals surface area contributed by atoms with Crippen LogP contribution in [-0.4, -0.2) is 24.4 Å². The number of nitro benzene ring substituents is 1. The van der Waals surface area contributed by atoms with Gasteiger partial charge in [-0.2, -0.15) is 0 Å². The molecular weight excluding hydrogens is 298 g/mol. The highest BCUT2D eigenvalue weighted by atomic mass is 16.6. The van der Waals surface area contributed by atoms with Gasteiger partial charge in [-0.05, 0) is 37.1 Å². The highest BCUT2D eigenvalue weighted by Gasteiger charge is 2.09. The van der Waals surface area contributed by atoms with Gasteiger partial charge in [0.25, 0.3) is 5.69 Å². The normalized spacial score (nSPS) is 10.2.